The number of pyridine rings is 1. The summed E-state index contributed by atoms with van der Waals surface area (Å²) in [6.07, 6.45) is 0. The summed E-state index contributed by atoms with van der Waals surface area (Å²) < 4.78 is 18.6. The summed E-state index contributed by atoms with van der Waals surface area (Å²) in [5.41, 5.74) is 2.19. The number of nitrogens with zero attached hydrogens (tertiary/aromatic N) is 1. The Balaban J connectivity index is 2.30. The monoisotopic (exact) mass is 247 g/mol. The average Bonchev–Trinajstić information content (AvgIpc) is 2.32. The van der Waals surface area contributed by atoms with Crippen LogP contribution in [0.25, 0.3) is 0 Å². The van der Waals surface area contributed by atoms with Crippen molar-refractivity contribution in [2.75, 3.05) is 0 Å². The molecule has 1 N–H and O–H groups in total. The number of ether oxygens (including phenoxy) is 1. The highest BCUT2D eigenvalue weighted by atomic mass is 19.1. The van der Waals surface area contributed by atoms with Gasteiger partial charge in [0.15, 0.2) is 0 Å². The molecule has 0 fully saturated rings. The molecule has 4 heteroatoms. The maximum Gasteiger partial charge on any atom is 0.219 e. The highest BCUT2D eigenvalue weighted by Gasteiger charge is 2.05. The molecular weight excluding hydrogens is 233 g/mol. The molecule has 0 spiro atoms. The Morgan fingerprint density at radius 3 is 2.67 bits per heavy atom. The molecule has 2 aromatic rings. The average molecular weight is 247 g/mol. The van der Waals surface area contributed by atoms with Crippen LogP contribution < -0.4 is 4.74 Å². The molecule has 1 heterocycles. The van der Waals surface area contributed by atoms with Crippen LogP contribution in [-0.2, 0) is 6.61 Å². The van der Waals surface area contributed by atoms with Gasteiger partial charge < -0.3 is 9.84 Å². The second-order valence-corrected chi connectivity index (χ2v) is 4.13. The molecule has 0 aliphatic carbocycles. The van der Waals surface area contributed by atoms with Gasteiger partial charge in [0.1, 0.15) is 11.6 Å². The van der Waals surface area contributed by atoms with E-state index in [1.807, 2.05) is 6.92 Å². The van der Waals surface area contributed by atoms with E-state index in [1.54, 1.807) is 25.1 Å². The summed E-state index contributed by atoms with van der Waals surface area (Å²) in [7, 11) is 0. The SMILES string of the molecule is Cc1cc(CO)cc(Oc2ccc(F)cc2C)n1. The topological polar surface area (TPSA) is 42.4 Å². The van der Waals surface area contributed by atoms with E-state index in [1.165, 1.54) is 12.1 Å². The van der Waals surface area contributed by atoms with Gasteiger partial charge in [0, 0.05) is 11.8 Å². The van der Waals surface area contributed by atoms with Crippen molar-refractivity contribution in [1.82, 2.24) is 4.98 Å². The molecule has 0 saturated heterocycles. The number of aryl methyl sites for hydroxylation is 2. The fourth-order valence-corrected chi connectivity index (χ4v) is 1.69. The third-order valence-electron chi connectivity index (χ3n) is 2.52. The lowest BCUT2D eigenvalue weighted by Gasteiger charge is -2.09. The molecule has 0 amide bonds. The third kappa shape index (κ3) is 2.84. The van der Waals surface area contributed by atoms with E-state index in [0.29, 0.717) is 17.2 Å². The summed E-state index contributed by atoms with van der Waals surface area (Å²) >= 11 is 0. The predicted octanol–water partition coefficient (Wildman–Crippen LogP) is 3.12. The van der Waals surface area contributed by atoms with Crippen LogP contribution in [-0.4, -0.2) is 10.1 Å². The lowest BCUT2D eigenvalue weighted by Crippen LogP contribution is -1.95. The number of hydrogen-bond acceptors (Lipinski definition) is 3. The largest absolute Gasteiger partial charge is 0.439 e. The minimum atomic E-state index is -0.298. The predicted molar refractivity (Wildman–Crippen MR) is 66.1 cm³/mol. The van der Waals surface area contributed by atoms with E-state index in [0.717, 1.165) is 11.3 Å². The number of halogens is 1. The van der Waals surface area contributed by atoms with Crippen LogP contribution in [0.3, 0.4) is 0 Å². The van der Waals surface area contributed by atoms with Crippen LogP contribution in [0.1, 0.15) is 16.8 Å². The van der Waals surface area contributed by atoms with E-state index < -0.39 is 0 Å². The Kier molecular flexibility index (Phi) is 3.58. The van der Waals surface area contributed by atoms with Crippen molar-refractivity contribution in [3.05, 3.63) is 53.0 Å². The molecule has 0 atom stereocenters. The molecule has 0 aliphatic heterocycles. The molecule has 3 nitrogen and oxygen atoms in total. The van der Waals surface area contributed by atoms with Crippen LogP contribution in [0.4, 0.5) is 4.39 Å². The first-order valence-electron chi connectivity index (χ1n) is 5.61. The lowest BCUT2D eigenvalue weighted by molar-refractivity contribution is 0.281. The van der Waals surface area contributed by atoms with Crippen molar-refractivity contribution in [2.45, 2.75) is 20.5 Å². The first-order valence-corrected chi connectivity index (χ1v) is 5.61. The highest BCUT2D eigenvalue weighted by Crippen LogP contribution is 2.25. The van der Waals surface area contributed by atoms with Gasteiger partial charge in [-0.15, -0.1) is 0 Å². The molecule has 0 aliphatic rings. The maximum absolute atomic E-state index is 13.0. The van der Waals surface area contributed by atoms with Crippen LogP contribution >= 0.6 is 0 Å². The Bertz CT molecular complexity index is 570. The minimum absolute atomic E-state index is 0.0673. The quantitative estimate of drug-likeness (QED) is 0.906. The van der Waals surface area contributed by atoms with Gasteiger partial charge >= 0.3 is 0 Å². The van der Waals surface area contributed by atoms with Crippen molar-refractivity contribution >= 4 is 0 Å². The zero-order valence-corrected chi connectivity index (χ0v) is 10.3. The van der Waals surface area contributed by atoms with Gasteiger partial charge in [-0.1, -0.05) is 0 Å². The molecule has 1 aromatic heterocycles. The molecule has 0 saturated carbocycles. The van der Waals surface area contributed by atoms with Crippen LogP contribution in [0.2, 0.25) is 0 Å². The number of rotatable bonds is 3. The molecule has 0 unspecified atom stereocenters. The van der Waals surface area contributed by atoms with Gasteiger partial charge in [0.25, 0.3) is 0 Å². The van der Waals surface area contributed by atoms with Crippen molar-refractivity contribution in [3.8, 4) is 11.6 Å². The van der Waals surface area contributed by atoms with Crippen molar-refractivity contribution in [3.63, 3.8) is 0 Å². The van der Waals surface area contributed by atoms with Crippen molar-refractivity contribution in [1.29, 1.82) is 0 Å². The fraction of sp³-hybridized carbons (Fsp3) is 0.214. The third-order valence-corrected chi connectivity index (χ3v) is 2.52. The Morgan fingerprint density at radius 1 is 1.22 bits per heavy atom. The van der Waals surface area contributed by atoms with E-state index in [9.17, 15) is 4.39 Å². The normalized spacial score (nSPS) is 10.4. The Hall–Kier alpha value is -1.94. The van der Waals surface area contributed by atoms with Crippen molar-refractivity contribution < 1.29 is 14.2 Å². The Morgan fingerprint density at radius 2 is 2.00 bits per heavy atom. The second kappa shape index (κ2) is 5.14. The van der Waals surface area contributed by atoms with E-state index >= 15 is 0 Å². The van der Waals surface area contributed by atoms with Gasteiger partial charge in [-0.2, -0.15) is 0 Å². The van der Waals surface area contributed by atoms with E-state index in [-0.39, 0.29) is 12.4 Å². The molecule has 0 bridgehead atoms. The summed E-state index contributed by atoms with van der Waals surface area (Å²) in [6, 6.07) is 7.75. The molecule has 2 rings (SSSR count). The summed E-state index contributed by atoms with van der Waals surface area (Å²) in [5.74, 6) is 0.653. The fourth-order valence-electron chi connectivity index (χ4n) is 1.69. The minimum Gasteiger partial charge on any atom is -0.439 e. The van der Waals surface area contributed by atoms with Gasteiger partial charge in [-0.3, -0.25) is 0 Å². The first-order chi connectivity index (χ1) is 8.58. The first kappa shape index (κ1) is 12.5. The second-order valence-electron chi connectivity index (χ2n) is 4.13. The smallest absolute Gasteiger partial charge is 0.219 e. The van der Waals surface area contributed by atoms with Gasteiger partial charge in [0.2, 0.25) is 5.88 Å². The number of aromatic nitrogens is 1. The van der Waals surface area contributed by atoms with E-state index in [2.05, 4.69) is 4.98 Å². The van der Waals surface area contributed by atoms with Gasteiger partial charge in [0.05, 0.1) is 6.61 Å². The van der Waals surface area contributed by atoms with Crippen molar-refractivity contribution in [2.24, 2.45) is 0 Å². The highest BCUT2D eigenvalue weighted by molar-refractivity contribution is 5.36. The van der Waals surface area contributed by atoms with Crippen LogP contribution in [0.15, 0.2) is 30.3 Å². The molecule has 94 valence electrons. The zero-order chi connectivity index (χ0) is 13.1. The number of benzene rings is 1. The summed E-state index contributed by atoms with van der Waals surface area (Å²) in [4.78, 5) is 4.21. The number of aliphatic hydroxyl groups excluding tert-OH is 1. The summed E-state index contributed by atoms with van der Waals surface area (Å²) in [5, 5.41) is 9.11. The Labute approximate surface area is 105 Å². The molecular formula is C14H14FNO2. The standard InChI is InChI=1S/C14H14FNO2/c1-9-5-12(15)3-4-13(9)18-14-7-11(8-17)6-10(2)16-14/h3-7,17H,8H2,1-2H3. The molecule has 1 aromatic carbocycles. The molecule has 18 heavy (non-hydrogen) atoms. The lowest BCUT2D eigenvalue weighted by atomic mass is 10.2. The zero-order valence-electron chi connectivity index (χ0n) is 10.3. The molecule has 0 radical (unpaired) electrons. The number of aliphatic hydroxyl groups is 1. The number of hydrogen-bond donors (Lipinski definition) is 1. The maximum atomic E-state index is 13.0. The van der Waals surface area contributed by atoms with Gasteiger partial charge in [-0.05, 0) is 49.2 Å². The van der Waals surface area contributed by atoms with E-state index in [4.69, 9.17) is 9.84 Å². The van der Waals surface area contributed by atoms with Crippen LogP contribution in [0.5, 0.6) is 11.6 Å². The van der Waals surface area contributed by atoms with Crippen LogP contribution in [0, 0.1) is 19.7 Å². The summed E-state index contributed by atoms with van der Waals surface area (Å²) in [6.45, 7) is 3.52. The van der Waals surface area contributed by atoms with Gasteiger partial charge in [-0.25, -0.2) is 9.37 Å².